The van der Waals surface area contributed by atoms with Crippen LogP contribution >= 0.6 is 38.9 Å². The molecule has 0 spiro atoms. The lowest BCUT2D eigenvalue weighted by Gasteiger charge is -2.01. The smallest absolute Gasteiger partial charge is 0.0945 e. The van der Waals surface area contributed by atoms with Gasteiger partial charge in [0.25, 0.3) is 0 Å². The Balaban J connectivity index is 2.24. The maximum atomic E-state index is 6.20. The van der Waals surface area contributed by atoms with E-state index in [9.17, 15) is 0 Å². The van der Waals surface area contributed by atoms with Crippen LogP contribution in [0.5, 0.6) is 0 Å². The van der Waals surface area contributed by atoms with E-state index in [2.05, 4.69) is 31.6 Å². The van der Waals surface area contributed by atoms with Gasteiger partial charge in [0.05, 0.1) is 15.7 Å². The lowest BCUT2D eigenvalue weighted by Crippen LogP contribution is -2.09. The first-order chi connectivity index (χ1) is 8.20. The van der Waals surface area contributed by atoms with E-state index in [0.717, 1.165) is 38.7 Å². The number of rotatable bonds is 4. The van der Waals surface area contributed by atoms with Crippen LogP contribution < -0.4 is 5.32 Å². The minimum Gasteiger partial charge on any atom is -0.319 e. The van der Waals surface area contributed by atoms with Crippen molar-refractivity contribution in [2.45, 2.75) is 6.42 Å². The fourth-order valence-electron chi connectivity index (χ4n) is 1.48. The van der Waals surface area contributed by atoms with E-state index in [1.54, 1.807) is 11.3 Å². The first-order valence-electron chi connectivity index (χ1n) is 5.25. The van der Waals surface area contributed by atoms with Crippen molar-refractivity contribution in [3.63, 3.8) is 0 Å². The van der Waals surface area contributed by atoms with Gasteiger partial charge >= 0.3 is 0 Å². The van der Waals surface area contributed by atoms with Crippen molar-refractivity contribution in [2.75, 3.05) is 13.6 Å². The van der Waals surface area contributed by atoms with Crippen molar-refractivity contribution in [3.8, 4) is 11.3 Å². The Kier molecular flexibility index (Phi) is 4.56. The SMILES string of the molecule is CNCCc1nc(-c2ccc(Br)cc2Cl)cs1. The largest absolute Gasteiger partial charge is 0.319 e. The third-order valence-corrected chi connectivity index (χ3v) is 4.06. The Hall–Kier alpha value is -0.420. The minimum atomic E-state index is 0.727. The standard InChI is InChI=1S/C12H12BrClN2S/c1-15-5-4-12-16-11(7-17-12)9-3-2-8(13)6-10(9)14/h2-3,6-7,15H,4-5H2,1H3. The summed E-state index contributed by atoms with van der Waals surface area (Å²) in [5, 5.41) is 7.03. The van der Waals surface area contributed by atoms with Gasteiger partial charge in [0.15, 0.2) is 0 Å². The third kappa shape index (κ3) is 3.28. The lowest BCUT2D eigenvalue weighted by molar-refractivity contribution is 0.788. The van der Waals surface area contributed by atoms with Gasteiger partial charge in [-0.25, -0.2) is 4.98 Å². The van der Waals surface area contributed by atoms with E-state index in [4.69, 9.17) is 11.6 Å². The van der Waals surface area contributed by atoms with Crippen LogP contribution in [0.4, 0.5) is 0 Å². The number of halogens is 2. The molecule has 0 aliphatic carbocycles. The summed E-state index contributed by atoms with van der Waals surface area (Å²) in [4.78, 5) is 4.59. The van der Waals surface area contributed by atoms with Crippen molar-refractivity contribution in [1.82, 2.24) is 10.3 Å². The molecule has 0 bridgehead atoms. The summed E-state index contributed by atoms with van der Waals surface area (Å²) in [5.74, 6) is 0. The molecule has 2 nitrogen and oxygen atoms in total. The molecule has 1 N–H and O–H groups in total. The van der Waals surface area contributed by atoms with Gasteiger partial charge in [-0.15, -0.1) is 11.3 Å². The lowest BCUT2D eigenvalue weighted by atomic mass is 10.2. The maximum Gasteiger partial charge on any atom is 0.0945 e. The van der Waals surface area contributed by atoms with Gasteiger partial charge in [0.2, 0.25) is 0 Å². The molecule has 2 aromatic rings. The Labute approximate surface area is 118 Å². The molecule has 5 heteroatoms. The molecule has 0 radical (unpaired) electrons. The van der Waals surface area contributed by atoms with Gasteiger partial charge in [-0.2, -0.15) is 0 Å². The van der Waals surface area contributed by atoms with Gasteiger partial charge < -0.3 is 5.32 Å². The van der Waals surface area contributed by atoms with E-state index < -0.39 is 0 Å². The Morgan fingerprint density at radius 2 is 2.29 bits per heavy atom. The number of benzene rings is 1. The number of nitrogens with zero attached hydrogens (tertiary/aromatic N) is 1. The van der Waals surface area contributed by atoms with E-state index in [0.29, 0.717) is 0 Å². The van der Waals surface area contributed by atoms with Crippen molar-refractivity contribution in [1.29, 1.82) is 0 Å². The van der Waals surface area contributed by atoms with Crippen LogP contribution in [-0.2, 0) is 6.42 Å². The number of likely N-dealkylation sites (N-methyl/N-ethyl adjacent to an activating group) is 1. The second-order valence-electron chi connectivity index (χ2n) is 3.60. The molecule has 0 aliphatic heterocycles. The van der Waals surface area contributed by atoms with E-state index in [-0.39, 0.29) is 0 Å². The second kappa shape index (κ2) is 5.96. The molecule has 0 unspecified atom stereocenters. The van der Waals surface area contributed by atoms with Crippen LogP contribution in [0.1, 0.15) is 5.01 Å². The second-order valence-corrected chi connectivity index (χ2v) is 5.87. The first-order valence-corrected chi connectivity index (χ1v) is 7.30. The molecule has 0 saturated heterocycles. The summed E-state index contributed by atoms with van der Waals surface area (Å²) in [6.45, 7) is 0.945. The number of hydrogen-bond acceptors (Lipinski definition) is 3. The highest BCUT2D eigenvalue weighted by molar-refractivity contribution is 9.10. The van der Waals surface area contributed by atoms with E-state index in [1.807, 2.05) is 25.2 Å². The van der Waals surface area contributed by atoms with Crippen LogP contribution in [0.25, 0.3) is 11.3 Å². The zero-order valence-corrected chi connectivity index (χ0v) is 12.5. The Morgan fingerprint density at radius 1 is 1.47 bits per heavy atom. The normalized spacial score (nSPS) is 10.8. The van der Waals surface area contributed by atoms with E-state index >= 15 is 0 Å². The molecule has 1 aromatic heterocycles. The van der Waals surface area contributed by atoms with Gasteiger partial charge in [-0.1, -0.05) is 33.6 Å². The summed E-state index contributed by atoms with van der Waals surface area (Å²) >= 11 is 11.3. The fourth-order valence-corrected chi connectivity index (χ4v) is 3.05. The molecule has 2 rings (SSSR count). The Morgan fingerprint density at radius 3 is 3.00 bits per heavy atom. The molecule has 0 saturated carbocycles. The van der Waals surface area contributed by atoms with Crippen LogP contribution in [-0.4, -0.2) is 18.6 Å². The monoisotopic (exact) mass is 330 g/mol. The summed E-state index contributed by atoms with van der Waals surface area (Å²) in [6, 6.07) is 5.86. The summed E-state index contributed by atoms with van der Waals surface area (Å²) in [5.41, 5.74) is 1.94. The van der Waals surface area contributed by atoms with Crippen molar-refractivity contribution < 1.29 is 0 Å². The van der Waals surface area contributed by atoms with Gasteiger partial charge in [0.1, 0.15) is 0 Å². The first kappa shape index (κ1) is 13.0. The predicted molar refractivity (Wildman–Crippen MR) is 77.9 cm³/mol. The Bertz CT molecular complexity index is 513. The zero-order chi connectivity index (χ0) is 12.3. The quantitative estimate of drug-likeness (QED) is 0.916. The summed E-state index contributed by atoms with van der Waals surface area (Å²) in [7, 11) is 1.94. The molecule has 0 fully saturated rings. The fraction of sp³-hybridized carbons (Fsp3) is 0.250. The average molecular weight is 332 g/mol. The predicted octanol–water partition coefficient (Wildman–Crippen LogP) is 3.99. The number of thiazole rings is 1. The summed E-state index contributed by atoms with van der Waals surface area (Å²) in [6.07, 6.45) is 0.954. The average Bonchev–Trinajstić information content (AvgIpc) is 2.75. The maximum absolute atomic E-state index is 6.20. The molecule has 0 amide bonds. The number of hydrogen-bond donors (Lipinski definition) is 1. The molecule has 17 heavy (non-hydrogen) atoms. The van der Waals surface area contributed by atoms with Crippen molar-refractivity contribution >= 4 is 38.9 Å². The highest BCUT2D eigenvalue weighted by Crippen LogP contribution is 2.31. The van der Waals surface area contributed by atoms with Crippen LogP contribution in [0, 0.1) is 0 Å². The molecule has 0 aliphatic rings. The third-order valence-electron chi connectivity index (χ3n) is 2.35. The molecule has 1 aromatic carbocycles. The van der Waals surface area contributed by atoms with Gasteiger partial charge in [-0.05, 0) is 19.2 Å². The highest BCUT2D eigenvalue weighted by Gasteiger charge is 2.08. The van der Waals surface area contributed by atoms with Gasteiger partial charge in [-0.3, -0.25) is 0 Å². The zero-order valence-electron chi connectivity index (χ0n) is 9.34. The summed E-state index contributed by atoms with van der Waals surface area (Å²) < 4.78 is 0.983. The number of aromatic nitrogens is 1. The molecule has 0 atom stereocenters. The molecular weight excluding hydrogens is 320 g/mol. The molecule has 90 valence electrons. The molecular formula is C12H12BrClN2S. The van der Waals surface area contributed by atoms with Gasteiger partial charge in [0, 0.05) is 28.4 Å². The van der Waals surface area contributed by atoms with Crippen LogP contribution in [0.3, 0.4) is 0 Å². The van der Waals surface area contributed by atoms with Crippen LogP contribution in [0.15, 0.2) is 28.1 Å². The van der Waals surface area contributed by atoms with Crippen molar-refractivity contribution in [2.24, 2.45) is 0 Å². The van der Waals surface area contributed by atoms with Crippen molar-refractivity contribution in [3.05, 3.63) is 38.1 Å². The van der Waals surface area contributed by atoms with Crippen LogP contribution in [0.2, 0.25) is 5.02 Å². The molecule has 1 heterocycles. The van der Waals surface area contributed by atoms with E-state index in [1.165, 1.54) is 0 Å². The highest BCUT2D eigenvalue weighted by atomic mass is 79.9. The number of nitrogens with one attached hydrogen (secondary N) is 1. The topological polar surface area (TPSA) is 24.9 Å². The minimum absolute atomic E-state index is 0.727.